The van der Waals surface area contributed by atoms with E-state index in [0.717, 1.165) is 12.0 Å². The molecule has 20 heavy (non-hydrogen) atoms. The lowest BCUT2D eigenvalue weighted by Crippen LogP contribution is -2.14. The fraction of sp³-hybridized carbons (Fsp3) is 0.214. The van der Waals surface area contributed by atoms with E-state index in [2.05, 4.69) is 9.71 Å². The molecule has 0 saturated heterocycles. The van der Waals surface area contributed by atoms with E-state index in [1.807, 2.05) is 6.92 Å². The Morgan fingerprint density at radius 3 is 2.45 bits per heavy atom. The van der Waals surface area contributed by atoms with Gasteiger partial charge in [-0.2, -0.15) is 0 Å². The van der Waals surface area contributed by atoms with Crippen molar-refractivity contribution < 1.29 is 13.5 Å². The molecule has 1 aromatic heterocycles. The molecule has 0 radical (unpaired) electrons. The summed E-state index contributed by atoms with van der Waals surface area (Å²) >= 11 is 0. The van der Waals surface area contributed by atoms with Gasteiger partial charge in [0.05, 0.1) is 11.5 Å². The number of nitrogens with zero attached hydrogens (tertiary/aromatic N) is 1. The van der Waals surface area contributed by atoms with E-state index < -0.39 is 10.0 Å². The first-order chi connectivity index (χ1) is 9.55. The lowest BCUT2D eigenvalue weighted by molar-refractivity contribution is 0.282. The third-order valence-electron chi connectivity index (χ3n) is 2.89. The molecule has 0 spiro atoms. The molecule has 6 heteroatoms. The summed E-state index contributed by atoms with van der Waals surface area (Å²) in [5.41, 5.74) is 1.67. The van der Waals surface area contributed by atoms with Crippen LogP contribution < -0.4 is 4.72 Å². The van der Waals surface area contributed by atoms with Crippen LogP contribution in [0.1, 0.15) is 18.1 Å². The number of aliphatic hydroxyl groups is 1. The summed E-state index contributed by atoms with van der Waals surface area (Å²) in [6.07, 6.45) is 2.30. The molecule has 106 valence electrons. The Morgan fingerprint density at radius 1 is 1.15 bits per heavy atom. The first kappa shape index (κ1) is 14.5. The van der Waals surface area contributed by atoms with Crippen molar-refractivity contribution in [3.05, 3.63) is 53.7 Å². The van der Waals surface area contributed by atoms with Gasteiger partial charge in [-0.05, 0) is 41.8 Å². The third kappa shape index (κ3) is 3.34. The first-order valence-corrected chi connectivity index (χ1v) is 7.71. The van der Waals surface area contributed by atoms with Gasteiger partial charge in [0.1, 0.15) is 5.82 Å². The van der Waals surface area contributed by atoms with Gasteiger partial charge in [-0.1, -0.05) is 19.1 Å². The summed E-state index contributed by atoms with van der Waals surface area (Å²) in [4.78, 5) is 4.12. The van der Waals surface area contributed by atoms with Crippen molar-refractivity contribution >= 4 is 15.8 Å². The molecule has 0 aliphatic heterocycles. The van der Waals surface area contributed by atoms with Crippen LogP contribution in [-0.4, -0.2) is 18.5 Å². The van der Waals surface area contributed by atoms with Gasteiger partial charge in [0, 0.05) is 6.20 Å². The van der Waals surface area contributed by atoms with Crippen molar-refractivity contribution in [2.24, 2.45) is 0 Å². The molecule has 0 aliphatic rings. The number of anilines is 1. The lowest BCUT2D eigenvalue weighted by Gasteiger charge is -2.08. The summed E-state index contributed by atoms with van der Waals surface area (Å²) in [5, 5.41) is 9.03. The normalized spacial score (nSPS) is 11.3. The Hall–Kier alpha value is -1.92. The molecule has 0 bridgehead atoms. The maximum atomic E-state index is 12.2. The Balaban J connectivity index is 2.25. The first-order valence-electron chi connectivity index (χ1n) is 6.22. The predicted octanol–water partition coefficient (Wildman–Crippen LogP) is 1.94. The van der Waals surface area contributed by atoms with Gasteiger partial charge in [0.2, 0.25) is 0 Å². The second-order valence-corrected chi connectivity index (χ2v) is 5.99. The minimum absolute atomic E-state index is 0.164. The van der Waals surface area contributed by atoms with Gasteiger partial charge >= 0.3 is 0 Å². The van der Waals surface area contributed by atoms with Crippen LogP contribution in [-0.2, 0) is 23.1 Å². The maximum absolute atomic E-state index is 12.2. The molecule has 0 fully saturated rings. The number of aliphatic hydroxyl groups excluding tert-OH is 1. The molecule has 2 N–H and O–H groups in total. The number of rotatable bonds is 5. The predicted molar refractivity (Wildman–Crippen MR) is 76.8 cm³/mol. The molecule has 2 aromatic rings. The third-order valence-corrected chi connectivity index (χ3v) is 4.26. The zero-order chi connectivity index (χ0) is 14.6. The van der Waals surface area contributed by atoms with Crippen molar-refractivity contribution in [2.75, 3.05) is 4.72 Å². The van der Waals surface area contributed by atoms with E-state index in [-0.39, 0.29) is 17.3 Å². The van der Waals surface area contributed by atoms with Gasteiger partial charge in [-0.25, -0.2) is 13.4 Å². The minimum Gasteiger partial charge on any atom is -0.392 e. The van der Waals surface area contributed by atoms with Gasteiger partial charge in [-0.3, -0.25) is 4.72 Å². The highest BCUT2D eigenvalue weighted by molar-refractivity contribution is 7.92. The smallest absolute Gasteiger partial charge is 0.263 e. The standard InChI is InChI=1S/C14H16N2O3S/c1-2-11-3-5-13(6-4-11)20(18,19)16-14-9-12(10-17)7-8-15-14/h3-9,17H,2,10H2,1H3,(H,15,16). The molecule has 2 rings (SSSR count). The van der Waals surface area contributed by atoms with Crippen molar-refractivity contribution in [3.8, 4) is 0 Å². The Morgan fingerprint density at radius 2 is 1.85 bits per heavy atom. The van der Waals surface area contributed by atoms with Gasteiger partial charge < -0.3 is 5.11 Å². The molecular weight excluding hydrogens is 276 g/mol. The molecule has 0 aliphatic carbocycles. The number of pyridine rings is 1. The summed E-state index contributed by atoms with van der Waals surface area (Å²) in [6.45, 7) is 1.84. The van der Waals surface area contributed by atoms with E-state index in [1.165, 1.54) is 12.3 Å². The summed E-state index contributed by atoms with van der Waals surface area (Å²) in [7, 11) is -3.66. The van der Waals surface area contributed by atoms with Crippen molar-refractivity contribution in [1.29, 1.82) is 0 Å². The van der Waals surface area contributed by atoms with Gasteiger partial charge in [0.25, 0.3) is 10.0 Å². The molecule has 1 aromatic carbocycles. The summed E-state index contributed by atoms with van der Waals surface area (Å²) in [5.74, 6) is 0.191. The highest BCUT2D eigenvalue weighted by atomic mass is 32.2. The van der Waals surface area contributed by atoms with Gasteiger partial charge in [0.15, 0.2) is 0 Å². The zero-order valence-corrected chi connectivity index (χ0v) is 11.9. The Labute approximate surface area is 118 Å². The zero-order valence-electron chi connectivity index (χ0n) is 11.1. The second-order valence-electron chi connectivity index (χ2n) is 4.31. The molecule has 1 heterocycles. The average Bonchev–Trinajstić information content (AvgIpc) is 2.47. The number of hydrogen-bond acceptors (Lipinski definition) is 4. The highest BCUT2D eigenvalue weighted by Gasteiger charge is 2.14. The molecule has 5 nitrogen and oxygen atoms in total. The van der Waals surface area contributed by atoms with E-state index in [1.54, 1.807) is 30.3 Å². The highest BCUT2D eigenvalue weighted by Crippen LogP contribution is 2.16. The quantitative estimate of drug-likeness (QED) is 0.882. The van der Waals surface area contributed by atoms with Crippen LogP contribution in [0.25, 0.3) is 0 Å². The van der Waals surface area contributed by atoms with E-state index in [0.29, 0.717) is 5.56 Å². The van der Waals surface area contributed by atoms with Crippen LogP contribution in [0.2, 0.25) is 0 Å². The number of sulfonamides is 1. The van der Waals surface area contributed by atoms with Crippen molar-refractivity contribution in [1.82, 2.24) is 4.98 Å². The lowest BCUT2D eigenvalue weighted by atomic mass is 10.2. The van der Waals surface area contributed by atoms with Crippen LogP contribution in [0.4, 0.5) is 5.82 Å². The molecular formula is C14H16N2O3S. The van der Waals surface area contributed by atoms with E-state index >= 15 is 0 Å². The number of nitrogens with one attached hydrogen (secondary N) is 1. The summed E-state index contributed by atoms with van der Waals surface area (Å²) in [6, 6.07) is 9.82. The van der Waals surface area contributed by atoms with E-state index in [9.17, 15) is 8.42 Å². The molecule has 0 atom stereocenters. The van der Waals surface area contributed by atoms with Crippen LogP contribution in [0.5, 0.6) is 0 Å². The molecule has 0 unspecified atom stereocenters. The SMILES string of the molecule is CCc1ccc(S(=O)(=O)Nc2cc(CO)ccn2)cc1. The van der Waals surface area contributed by atoms with Crippen LogP contribution in [0.3, 0.4) is 0 Å². The number of aromatic nitrogens is 1. The largest absolute Gasteiger partial charge is 0.392 e. The van der Waals surface area contributed by atoms with E-state index in [4.69, 9.17) is 5.11 Å². The Bertz CT molecular complexity index is 682. The average molecular weight is 292 g/mol. The number of aryl methyl sites for hydroxylation is 1. The molecule has 0 amide bonds. The van der Waals surface area contributed by atoms with Crippen LogP contribution in [0.15, 0.2) is 47.5 Å². The maximum Gasteiger partial charge on any atom is 0.263 e. The second kappa shape index (κ2) is 6.02. The van der Waals surface area contributed by atoms with Crippen molar-refractivity contribution in [2.45, 2.75) is 24.8 Å². The minimum atomic E-state index is -3.66. The topological polar surface area (TPSA) is 79.3 Å². The molecule has 0 saturated carbocycles. The fourth-order valence-electron chi connectivity index (χ4n) is 1.73. The van der Waals surface area contributed by atoms with Crippen LogP contribution in [0, 0.1) is 0 Å². The van der Waals surface area contributed by atoms with Crippen LogP contribution >= 0.6 is 0 Å². The number of hydrogen-bond donors (Lipinski definition) is 2. The monoisotopic (exact) mass is 292 g/mol. The Kier molecular flexibility index (Phi) is 4.36. The number of benzene rings is 1. The van der Waals surface area contributed by atoms with Gasteiger partial charge in [-0.15, -0.1) is 0 Å². The van der Waals surface area contributed by atoms with Crippen molar-refractivity contribution in [3.63, 3.8) is 0 Å². The summed E-state index contributed by atoms with van der Waals surface area (Å²) < 4.78 is 26.8. The fourth-order valence-corrected chi connectivity index (χ4v) is 2.73.